The van der Waals surface area contributed by atoms with E-state index in [1.54, 1.807) is 6.07 Å². The van der Waals surface area contributed by atoms with E-state index >= 15 is 0 Å². The third-order valence-corrected chi connectivity index (χ3v) is 1.49. The van der Waals surface area contributed by atoms with Crippen LogP contribution in [0.25, 0.3) is 0 Å². The molecule has 0 aliphatic rings. The third-order valence-electron chi connectivity index (χ3n) is 1.49. The Morgan fingerprint density at radius 2 is 2.38 bits per heavy atom. The lowest BCUT2D eigenvalue weighted by Crippen LogP contribution is -1.98. The molecule has 1 heterocycles. The van der Waals surface area contributed by atoms with Gasteiger partial charge in [0.25, 0.3) is 0 Å². The maximum atomic E-state index is 11.6. The number of nitrogens with zero attached hydrogens (tertiary/aromatic N) is 1. The van der Waals surface area contributed by atoms with Gasteiger partial charge in [-0.2, -0.15) is 0 Å². The van der Waals surface area contributed by atoms with Crippen LogP contribution in [0, 0.1) is 0 Å². The molecule has 68 valence electrons. The zero-order valence-electron chi connectivity index (χ0n) is 6.77. The standard InChI is InChI=1S/C9H8FNO2/c10-5-1-2-8-4-3-7(6-11-8)9(12)13/h1,3-6H,2H2,(H,12,13). The van der Waals surface area contributed by atoms with Crippen molar-refractivity contribution < 1.29 is 14.3 Å². The molecule has 1 aromatic heterocycles. The number of hydrogen-bond acceptors (Lipinski definition) is 2. The molecule has 0 aliphatic heterocycles. The Labute approximate surface area is 74.5 Å². The molecule has 0 spiro atoms. The van der Waals surface area contributed by atoms with Gasteiger partial charge in [-0.25, -0.2) is 9.18 Å². The highest BCUT2D eigenvalue weighted by molar-refractivity contribution is 5.87. The molecule has 0 fully saturated rings. The molecule has 1 N–H and O–H groups in total. The zero-order chi connectivity index (χ0) is 9.68. The van der Waals surface area contributed by atoms with Gasteiger partial charge in [-0.3, -0.25) is 4.98 Å². The first kappa shape index (κ1) is 9.38. The summed E-state index contributed by atoms with van der Waals surface area (Å²) in [5.41, 5.74) is 0.770. The minimum absolute atomic E-state index is 0.132. The van der Waals surface area contributed by atoms with Crippen LogP contribution in [-0.2, 0) is 6.42 Å². The van der Waals surface area contributed by atoms with E-state index in [2.05, 4.69) is 4.98 Å². The summed E-state index contributed by atoms with van der Waals surface area (Å²) in [5.74, 6) is -1.01. The molecule has 4 heteroatoms. The van der Waals surface area contributed by atoms with E-state index < -0.39 is 5.97 Å². The molecular formula is C9H8FNO2. The monoisotopic (exact) mass is 181 g/mol. The van der Waals surface area contributed by atoms with E-state index in [4.69, 9.17) is 5.11 Å². The van der Waals surface area contributed by atoms with Gasteiger partial charge < -0.3 is 5.11 Å². The fraction of sp³-hybridized carbons (Fsp3) is 0.111. The van der Waals surface area contributed by atoms with Crippen molar-refractivity contribution in [1.82, 2.24) is 4.98 Å². The van der Waals surface area contributed by atoms with Crippen molar-refractivity contribution in [1.29, 1.82) is 0 Å². The lowest BCUT2D eigenvalue weighted by atomic mass is 10.2. The molecule has 0 saturated carbocycles. The minimum Gasteiger partial charge on any atom is -0.478 e. The number of pyridine rings is 1. The van der Waals surface area contributed by atoms with Crippen LogP contribution in [0.2, 0.25) is 0 Å². The lowest BCUT2D eigenvalue weighted by Gasteiger charge is -1.96. The van der Waals surface area contributed by atoms with Gasteiger partial charge >= 0.3 is 5.97 Å². The Kier molecular flexibility index (Phi) is 3.14. The van der Waals surface area contributed by atoms with Gasteiger partial charge in [0, 0.05) is 18.3 Å². The topological polar surface area (TPSA) is 50.2 Å². The number of aromatic nitrogens is 1. The first-order valence-electron chi connectivity index (χ1n) is 3.67. The summed E-state index contributed by atoms with van der Waals surface area (Å²) in [5, 5.41) is 8.54. The number of carboxylic acid groups (broad SMARTS) is 1. The van der Waals surface area contributed by atoms with Crippen LogP contribution in [0.4, 0.5) is 4.39 Å². The van der Waals surface area contributed by atoms with Gasteiger partial charge in [-0.05, 0) is 12.1 Å². The van der Waals surface area contributed by atoms with Gasteiger partial charge in [-0.1, -0.05) is 6.08 Å². The van der Waals surface area contributed by atoms with Crippen LogP contribution in [0.1, 0.15) is 16.1 Å². The zero-order valence-corrected chi connectivity index (χ0v) is 6.77. The van der Waals surface area contributed by atoms with E-state index in [-0.39, 0.29) is 5.56 Å². The smallest absolute Gasteiger partial charge is 0.337 e. The van der Waals surface area contributed by atoms with Crippen molar-refractivity contribution in [2.45, 2.75) is 6.42 Å². The van der Waals surface area contributed by atoms with Crippen LogP contribution in [-0.4, -0.2) is 16.1 Å². The summed E-state index contributed by atoms with van der Waals surface area (Å²) in [6.07, 6.45) is 3.37. The number of hydrogen-bond donors (Lipinski definition) is 1. The molecule has 0 unspecified atom stereocenters. The quantitative estimate of drug-likeness (QED) is 0.773. The van der Waals surface area contributed by atoms with E-state index in [1.807, 2.05) is 0 Å². The predicted octanol–water partition coefficient (Wildman–Crippen LogP) is 1.81. The lowest BCUT2D eigenvalue weighted by molar-refractivity contribution is 0.0696. The second-order valence-electron chi connectivity index (χ2n) is 2.41. The SMILES string of the molecule is O=C(O)c1ccc(CC=CF)nc1. The average Bonchev–Trinajstić information content (AvgIpc) is 2.15. The van der Waals surface area contributed by atoms with Gasteiger partial charge in [0.05, 0.1) is 11.9 Å². The summed E-state index contributed by atoms with van der Waals surface area (Å²) in [4.78, 5) is 14.3. The maximum absolute atomic E-state index is 11.6. The van der Waals surface area contributed by atoms with Gasteiger partial charge in [0.2, 0.25) is 0 Å². The van der Waals surface area contributed by atoms with Gasteiger partial charge in [0.1, 0.15) is 0 Å². The Hall–Kier alpha value is -1.71. The Morgan fingerprint density at radius 3 is 2.85 bits per heavy atom. The summed E-state index contributed by atoms with van der Waals surface area (Å²) in [6.45, 7) is 0. The van der Waals surface area contributed by atoms with Crippen molar-refractivity contribution in [3.05, 3.63) is 42.0 Å². The van der Waals surface area contributed by atoms with Crippen LogP contribution < -0.4 is 0 Å². The normalized spacial score (nSPS) is 10.5. The summed E-state index contributed by atoms with van der Waals surface area (Å²) < 4.78 is 11.6. The molecule has 3 nitrogen and oxygen atoms in total. The molecule has 1 aromatic rings. The predicted molar refractivity (Wildman–Crippen MR) is 45.1 cm³/mol. The Morgan fingerprint density at radius 1 is 1.62 bits per heavy atom. The summed E-state index contributed by atoms with van der Waals surface area (Å²) >= 11 is 0. The molecule has 0 aliphatic carbocycles. The van der Waals surface area contributed by atoms with Crippen LogP contribution in [0.3, 0.4) is 0 Å². The highest BCUT2D eigenvalue weighted by atomic mass is 19.1. The van der Waals surface area contributed by atoms with Crippen LogP contribution in [0.15, 0.2) is 30.7 Å². The summed E-state index contributed by atoms with van der Waals surface area (Å²) in [7, 11) is 0. The number of halogens is 1. The van der Waals surface area contributed by atoms with Crippen molar-refractivity contribution in [3.8, 4) is 0 Å². The second kappa shape index (κ2) is 4.35. The highest BCUT2D eigenvalue weighted by Gasteiger charge is 2.01. The average molecular weight is 181 g/mol. The molecule has 0 aromatic carbocycles. The number of aromatic carboxylic acids is 1. The maximum Gasteiger partial charge on any atom is 0.337 e. The fourth-order valence-electron chi connectivity index (χ4n) is 0.837. The Bertz CT molecular complexity index is 319. The third kappa shape index (κ3) is 2.66. The van der Waals surface area contributed by atoms with E-state index in [1.165, 1.54) is 18.3 Å². The minimum atomic E-state index is -1.01. The second-order valence-corrected chi connectivity index (χ2v) is 2.41. The number of allylic oxidation sites excluding steroid dienone is 1. The largest absolute Gasteiger partial charge is 0.478 e. The van der Waals surface area contributed by atoms with Crippen molar-refractivity contribution >= 4 is 5.97 Å². The molecule has 13 heavy (non-hydrogen) atoms. The van der Waals surface area contributed by atoms with Crippen molar-refractivity contribution in [2.75, 3.05) is 0 Å². The fourth-order valence-corrected chi connectivity index (χ4v) is 0.837. The van der Waals surface area contributed by atoms with Gasteiger partial charge in [-0.15, -0.1) is 0 Å². The van der Waals surface area contributed by atoms with Crippen molar-refractivity contribution in [2.24, 2.45) is 0 Å². The number of carboxylic acids is 1. The van der Waals surface area contributed by atoms with Crippen molar-refractivity contribution in [3.63, 3.8) is 0 Å². The molecule has 0 atom stereocenters. The first-order valence-corrected chi connectivity index (χ1v) is 3.67. The van der Waals surface area contributed by atoms with E-state index in [0.29, 0.717) is 18.4 Å². The molecule has 0 radical (unpaired) electrons. The van der Waals surface area contributed by atoms with Crippen LogP contribution >= 0.6 is 0 Å². The first-order chi connectivity index (χ1) is 6.24. The molecular weight excluding hydrogens is 173 g/mol. The molecule has 0 saturated heterocycles. The molecule has 0 bridgehead atoms. The van der Waals surface area contributed by atoms with E-state index in [9.17, 15) is 9.18 Å². The van der Waals surface area contributed by atoms with Crippen LogP contribution in [0.5, 0.6) is 0 Å². The molecule has 0 amide bonds. The van der Waals surface area contributed by atoms with Gasteiger partial charge in [0.15, 0.2) is 0 Å². The Balaban J connectivity index is 2.75. The number of carbonyl (C=O) groups is 1. The molecule has 1 rings (SSSR count). The summed E-state index contributed by atoms with van der Waals surface area (Å²) in [6, 6.07) is 3.00. The van der Waals surface area contributed by atoms with E-state index in [0.717, 1.165) is 0 Å². The highest BCUT2D eigenvalue weighted by Crippen LogP contribution is 2.01. The number of rotatable bonds is 3.